The molecule has 0 radical (unpaired) electrons. The van der Waals surface area contributed by atoms with Crippen LogP contribution in [-0.4, -0.2) is 5.60 Å². The molecule has 1 nitrogen and oxygen atoms in total. The molecule has 0 aromatic rings. The zero-order chi connectivity index (χ0) is 8.20. The molecule has 0 fully saturated rings. The molecule has 0 saturated carbocycles. The Labute approximate surface area is 63.4 Å². The van der Waals surface area contributed by atoms with Gasteiger partial charge in [0.1, 0.15) is 0 Å². The van der Waals surface area contributed by atoms with Crippen molar-refractivity contribution in [3.8, 4) is 0 Å². The number of rotatable bonds is 2. The topological polar surface area (TPSA) is 9.23 Å². The summed E-state index contributed by atoms with van der Waals surface area (Å²) in [5, 5.41) is 0. The molecule has 0 aliphatic rings. The lowest BCUT2D eigenvalue weighted by atomic mass is 10.2. The largest absolute Gasteiger partial charge is 0.495 e. The van der Waals surface area contributed by atoms with Crippen LogP contribution in [0.1, 0.15) is 27.7 Å². The predicted molar refractivity (Wildman–Crippen MR) is 44.8 cm³/mol. The van der Waals surface area contributed by atoms with E-state index < -0.39 is 0 Å². The maximum Gasteiger partial charge on any atom is 0.0998 e. The monoisotopic (exact) mass is 140 g/mol. The van der Waals surface area contributed by atoms with Crippen LogP contribution in [0.15, 0.2) is 24.5 Å². The van der Waals surface area contributed by atoms with Crippen LogP contribution in [0.2, 0.25) is 0 Å². The van der Waals surface area contributed by atoms with Crippen molar-refractivity contribution >= 4 is 0 Å². The standard InChI is InChI=1S/C9H16O/c1-6-8(2)7-10-9(3,4)5/h6-7H,1H2,2-5H3/b8-7+. The van der Waals surface area contributed by atoms with Gasteiger partial charge in [0.25, 0.3) is 0 Å². The van der Waals surface area contributed by atoms with E-state index >= 15 is 0 Å². The lowest BCUT2D eigenvalue weighted by Gasteiger charge is -2.17. The molecule has 0 saturated heterocycles. The second-order valence-corrected chi connectivity index (χ2v) is 3.30. The number of ether oxygens (including phenoxy) is 1. The van der Waals surface area contributed by atoms with E-state index in [1.54, 1.807) is 12.3 Å². The second-order valence-electron chi connectivity index (χ2n) is 3.30. The molecule has 0 amide bonds. The van der Waals surface area contributed by atoms with Gasteiger partial charge >= 0.3 is 0 Å². The van der Waals surface area contributed by atoms with E-state index in [9.17, 15) is 0 Å². The van der Waals surface area contributed by atoms with Crippen LogP contribution in [0, 0.1) is 0 Å². The summed E-state index contributed by atoms with van der Waals surface area (Å²) in [5.41, 5.74) is 0.958. The summed E-state index contributed by atoms with van der Waals surface area (Å²) >= 11 is 0. The van der Waals surface area contributed by atoms with Crippen LogP contribution in [-0.2, 0) is 4.74 Å². The van der Waals surface area contributed by atoms with Gasteiger partial charge in [-0.2, -0.15) is 0 Å². The molecule has 0 bridgehead atoms. The Hall–Kier alpha value is -0.720. The van der Waals surface area contributed by atoms with Gasteiger partial charge < -0.3 is 4.74 Å². The fourth-order valence-electron chi connectivity index (χ4n) is 0.318. The third-order valence-corrected chi connectivity index (χ3v) is 0.920. The first-order valence-electron chi connectivity index (χ1n) is 3.43. The minimum atomic E-state index is -0.0930. The maximum absolute atomic E-state index is 5.35. The average Bonchev–Trinajstić information content (AvgIpc) is 1.81. The molecular weight excluding hydrogens is 124 g/mol. The normalized spacial score (nSPS) is 13.0. The third-order valence-electron chi connectivity index (χ3n) is 0.920. The molecule has 0 heterocycles. The van der Waals surface area contributed by atoms with Gasteiger partial charge in [-0.1, -0.05) is 12.7 Å². The number of allylic oxidation sites excluding steroid dienone is 2. The van der Waals surface area contributed by atoms with Gasteiger partial charge in [-0.15, -0.1) is 0 Å². The number of hydrogen-bond acceptors (Lipinski definition) is 1. The van der Waals surface area contributed by atoms with Gasteiger partial charge in [-0.25, -0.2) is 0 Å². The molecule has 58 valence electrons. The van der Waals surface area contributed by atoms with E-state index in [0.29, 0.717) is 0 Å². The Kier molecular flexibility index (Phi) is 3.20. The van der Waals surface area contributed by atoms with Crippen LogP contribution in [0.4, 0.5) is 0 Å². The van der Waals surface area contributed by atoms with E-state index in [4.69, 9.17) is 4.74 Å². The van der Waals surface area contributed by atoms with Gasteiger partial charge in [0, 0.05) is 0 Å². The summed E-state index contributed by atoms with van der Waals surface area (Å²) < 4.78 is 5.35. The molecule has 0 rings (SSSR count). The smallest absolute Gasteiger partial charge is 0.0998 e. The Bertz CT molecular complexity index is 137. The van der Waals surface area contributed by atoms with Gasteiger partial charge in [-0.3, -0.25) is 0 Å². The molecule has 0 aliphatic carbocycles. The van der Waals surface area contributed by atoms with Crippen LogP contribution >= 0.6 is 0 Å². The number of hydrogen-bond donors (Lipinski definition) is 0. The Morgan fingerprint density at radius 2 is 1.90 bits per heavy atom. The van der Waals surface area contributed by atoms with E-state index in [1.165, 1.54) is 0 Å². The molecule has 1 heteroatoms. The van der Waals surface area contributed by atoms with Gasteiger partial charge in [0.15, 0.2) is 0 Å². The fourth-order valence-corrected chi connectivity index (χ4v) is 0.318. The van der Waals surface area contributed by atoms with Crippen molar-refractivity contribution in [3.05, 3.63) is 24.5 Å². The SMILES string of the molecule is C=C/C(C)=C/OC(C)(C)C. The molecule has 0 aliphatic heterocycles. The zero-order valence-electron chi connectivity index (χ0n) is 7.27. The highest BCUT2D eigenvalue weighted by atomic mass is 16.5. The molecule has 0 N–H and O–H groups in total. The fraction of sp³-hybridized carbons (Fsp3) is 0.556. The van der Waals surface area contributed by atoms with E-state index in [1.807, 2.05) is 27.7 Å². The second kappa shape index (κ2) is 3.45. The summed E-state index contributed by atoms with van der Waals surface area (Å²) in [6, 6.07) is 0. The average molecular weight is 140 g/mol. The molecule has 0 spiro atoms. The summed E-state index contributed by atoms with van der Waals surface area (Å²) in [6.45, 7) is 11.6. The Morgan fingerprint density at radius 1 is 1.40 bits per heavy atom. The molecular formula is C9H16O. The molecule has 0 unspecified atom stereocenters. The van der Waals surface area contributed by atoms with Crippen molar-refractivity contribution in [1.29, 1.82) is 0 Å². The van der Waals surface area contributed by atoms with Crippen LogP contribution in [0.5, 0.6) is 0 Å². The zero-order valence-corrected chi connectivity index (χ0v) is 7.27. The van der Waals surface area contributed by atoms with Crippen molar-refractivity contribution in [2.75, 3.05) is 0 Å². The van der Waals surface area contributed by atoms with Crippen molar-refractivity contribution in [1.82, 2.24) is 0 Å². The lowest BCUT2D eigenvalue weighted by molar-refractivity contribution is 0.0755. The summed E-state index contributed by atoms with van der Waals surface area (Å²) in [5.74, 6) is 0. The van der Waals surface area contributed by atoms with Crippen LogP contribution in [0.25, 0.3) is 0 Å². The molecule has 0 aromatic carbocycles. The van der Waals surface area contributed by atoms with Crippen LogP contribution < -0.4 is 0 Å². The molecule has 0 atom stereocenters. The summed E-state index contributed by atoms with van der Waals surface area (Å²) in [7, 11) is 0. The van der Waals surface area contributed by atoms with Crippen molar-refractivity contribution in [2.45, 2.75) is 33.3 Å². The first-order chi connectivity index (χ1) is 4.45. The van der Waals surface area contributed by atoms with Crippen molar-refractivity contribution < 1.29 is 4.74 Å². The molecule has 10 heavy (non-hydrogen) atoms. The van der Waals surface area contributed by atoms with Crippen molar-refractivity contribution in [2.24, 2.45) is 0 Å². The summed E-state index contributed by atoms with van der Waals surface area (Å²) in [4.78, 5) is 0. The van der Waals surface area contributed by atoms with Gasteiger partial charge in [-0.05, 0) is 33.3 Å². The minimum Gasteiger partial charge on any atom is -0.495 e. The highest BCUT2D eigenvalue weighted by Gasteiger charge is 2.07. The van der Waals surface area contributed by atoms with Gasteiger partial charge in [0.05, 0.1) is 11.9 Å². The first-order valence-corrected chi connectivity index (χ1v) is 3.43. The molecule has 0 aromatic heterocycles. The van der Waals surface area contributed by atoms with Gasteiger partial charge in [0.2, 0.25) is 0 Å². The summed E-state index contributed by atoms with van der Waals surface area (Å²) in [6.07, 6.45) is 3.50. The minimum absolute atomic E-state index is 0.0930. The first kappa shape index (κ1) is 9.28. The van der Waals surface area contributed by atoms with Crippen molar-refractivity contribution in [3.63, 3.8) is 0 Å². The Balaban J connectivity index is 3.84. The highest BCUT2D eigenvalue weighted by molar-refractivity contribution is 5.09. The lowest BCUT2D eigenvalue weighted by Crippen LogP contribution is -2.15. The predicted octanol–water partition coefficient (Wildman–Crippen LogP) is 2.89. The highest BCUT2D eigenvalue weighted by Crippen LogP contribution is 2.08. The quantitative estimate of drug-likeness (QED) is 0.423. The van der Waals surface area contributed by atoms with E-state index in [0.717, 1.165) is 5.57 Å². The maximum atomic E-state index is 5.35. The Morgan fingerprint density at radius 3 is 2.20 bits per heavy atom. The van der Waals surface area contributed by atoms with Crippen LogP contribution in [0.3, 0.4) is 0 Å². The van der Waals surface area contributed by atoms with E-state index in [-0.39, 0.29) is 5.60 Å². The third kappa shape index (κ3) is 5.42. The van der Waals surface area contributed by atoms with E-state index in [2.05, 4.69) is 6.58 Å².